The molecule has 0 saturated heterocycles. The van der Waals surface area contributed by atoms with Gasteiger partial charge in [0.15, 0.2) is 0 Å². The van der Waals surface area contributed by atoms with E-state index in [0.29, 0.717) is 12.5 Å². The van der Waals surface area contributed by atoms with E-state index in [1.54, 1.807) is 6.92 Å². The van der Waals surface area contributed by atoms with Crippen molar-refractivity contribution in [2.45, 2.75) is 52.6 Å². The molecular formula is C15H29N3O4. The molecule has 0 bridgehead atoms. The molecule has 0 rings (SSSR count). The molecule has 7 nitrogen and oxygen atoms in total. The van der Waals surface area contributed by atoms with Crippen LogP contribution in [0.15, 0.2) is 0 Å². The Bertz CT molecular complexity index is 372. The lowest BCUT2D eigenvalue weighted by atomic mass is 10.1. The van der Waals surface area contributed by atoms with Crippen molar-refractivity contribution in [3.05, 3.63) is 0 Å². The Balaban J connectivity index is 3.77. The summed E-state index contributed by atoms with van der Waals surface area (Å²) < 4.78 is 4.98. The molecule has 0 radical (unpaired) electrons. The lowest BCUT2D eigenvalue weighted by Gasteiger charge is -2.16. The van der Waals surface area contributed by atoms with E-state index in [4.69, 9.17) is 4.74 Å². The smallest absolute Gasteiger partial charge is 0.306 e. The van der Waals surface area contributed by atoms with Gasteiger partial charge in [0.2, 0.25) is 11.8 Å². The molecule has 128 valence electrons. The van der Waals surface area contributed by atoms with Crippen LogP contribution >= 0.6 is 0 Å². The Morgan fingerprint density at radius 2 is 1.68 bits per heavy atom. The summed E-state index contributed by atoms with van der Waals surface area (Å²) in [6.07, 6.45) is 0.406. The van der Waals surface area contributed by atoms with Crippen molar-refractivity contribution in [1.82, 2.24) is 16.0 Å². The van der Waals surface area contributed by atoms with Gasteiger partial charge in [-0.3, -0.25) is 14.4 Å². The molecule has 0 aromatic carbocycles. The second-order valence-electron chi connectivity index (χ2n) is 5.72. The van der Waals surface area contributed by atoms with Crippen LogP contribution in [0, 0.1) is 5.92 Å². The van der Waals surface area contributed by atoms with Gasteiger partial charge in [-0.25, -0.2) is 0 Å². The van der Waals surface area contributed by atoms with E-state index >= 15 is 0 Å². The number of carbonyl (C=O) groups excluding carboxylic acids is 3. The van der Waals surface area contributed by atoms with Crippen LogP contribution in [0.3, 0.4) is 0 Å². The van der Waals surface area contributed by atoms with Crippen molar-refractivity contribution in [3.63, 3.8) is 0 Å². The lowest BCUT2D eigenvalue weighted by Crippen LogP contribution is -2.38. The van der Waals surface area contributed by atoms with E-state index in [0.717, 1.165) is 0 Å². The second-order valence-corrected chi connectivity index (χ2v) is 5.72. The number of carbonyl (C=O) groups is 3. The monoisotopic (exact) mass is 315 g/mol. The average molecular weight is 315 g/mol. The van der Waals surface area contributed by atoms with Crippen molar-refractivity contribution in [2.24, 2.45) is 5.92 Å². The highest BCUT2D eigenvalue weighted by atomic mass is 16.5. The summed E-state index contributed by atoms with van der Waals surface area (Å²) >= 11 is 0. The first-order valence-corrected chi connectivity index (χ1v) is 7.66. The van der Waals surface area contributed by atoms with Crippen LogP contribution in [0.5, 0.6) is 0 Å². The molecule has 7 heteroatoms. The molecule has 2 atom stereocenters. The first-order valence-electron chi connectivity index (χ1n) is 7.66. The third kappa shape index (κ3) is 10.1. The minimum Gasteiger partial charge on any atom is -0.464 e. The maximum absolute atomic E-state index is 11.6. The molecule has 2 amide bonds. The summed E-state index contributed by atoms with van der Waals surface area (Å²) in [5, 5.41) is 8.40. The Kier molecular flexibility index (Phi) is 10.2. The summed E-state index contributed by atoms with van der Waals surface area (Å²) in [7, 11) is 1.52. The number of esters is 1. The van der Waals surface area contributed by atoms with Crippen molar-refractivity contribution in [3.8, 4) is 0 Å². The number of hydrogen-bond donors (Lipinski definition) is 3. The quantitative estimate of drug-likeness (QED) is 0.395. The summed E-state index contributed by atoms with van der Waals surface area (Å²) in [6.45, 7) is 8.02. The fraction of sp³-hybridized carbons (Fsp3) is 0.800. The maximum atomic E-state index is 11.6. The topological polar surface area (TPSA) is 96.5 Å². The zero-order valence-corrected chi connectivity index (χ0v) is 14.2. The van der Waals surface area contributed by atoms with Crippen LogP contribution < -0.4 is 16.0 Å². The number of hydrogen-bond acceptors (Lipinski definition) is 5. The molecule has 0 aliphatic carbocycles. The van der Waals surface area contributed by atoms with E-state index in [1.807, 2.05) is 20.8 Å². The predicted octanol–water partition coefficient (Wildman–Crippen LogP) is 0.195. The largest absolute Gasteiger partial charge is 0.464 e. The van der Waals surface area contributed by atoms with Crippen LogP contribution in [0.4, 0.5) is 0 Å². The van der Waals surface area contributed by atoms with Crippen LogP contribution in [-0.4, -0.2) is 50.1 Å². The fourth-order valence-electron chi connectivity index (χ4n) is 1.98. The van der Waals surface area contributed by atoms with Gasteiger partial charge in [-0.05, 0) is 6.92 Å². The number of rotatable bonds is 10. The van der Waals surface area contributed by atoms with Gasteiger partial charge < -0.3 is 20.7 Å². The van der Waals surface area contributed by atoms with Gasteiger partial charge >= 0.3 is 5.97 Å². The Morgan fingerprint density at radius 3 is 2.23 bits per heavy atom. The minimum absolute atomic E-state index is 0.0307. The van der Waals surface area contributed by atoms with Crippen molar-refractivity contribution < 1.29 is 19.1 Å². The van der Waals surface area contributed by atoms with E-state index in [2.05, 4.69) is 16.0 Å². The van der Waals surface area contributed by atoms with E-state index < -0.39 is 11.9 Å². The Morgan fingerprint density at radius 1 is 1.05 bits per heavy atom. The van der Waals surface area contributed by atoms with Gasteiger partial charge in [-0.15, -0.1) is 0 Å². The first kappa shape index (κ1) is 20.4. The van der Waals surface area contributed by atoms with Crippen LogP contribution in [0.1, 0.15) is 40.5 Å². The molecule has 0 spiro atoms. The van der Waals surface area contributed by atoms with E-state index in [1.165, 1.54) is 7.05 Å². The number of ether oxygens (including phenoxy) is 1. The van der Waals surface area contributed by atoms with Gasteiger partial charge in [0.05, 0.1) is 13.0 Å². The summed E-state index contributed by atoms with van der Waals surface area (Å²) in [5.74, 6) is -1.15. The zero-order valence-electron chi connectivity index (χ0n) is 14.2. The highest BCUT2D eigenvalue weighted by Crippen LogP contribution is 2.03. The number of amides is 2. The van der Waals surface area contributed by atoms with Crippen LogP contribution in [0.25, 0.3) is 0 Å². The van der Waals surface area contributed by atoms with Crippen LogP contribution in [-0.2, 0) is 19.1 Å². The summed E-state index contributed by atoms with van der Waals surface area (Å²) in [6, 6.07) is 0.419. The minimum atomic E-state index is -0.444. The van der Waals surface area contributed by atoms with E-state index in [9.17, 15) is 14.4 Å². The highest BCUT2D eigenvalue weighted by Gasteiger charge is 2.16. The average Bonchev–Trinajstić information content (AvgIpc) is 2.41. The maximum Gasteiger partial charge on any atom is 0.306 e. The van der Waals surface area contributed by atoms with Crippen LogP contribution in [0.2, 0.25) is 0 Å². The molecule has 0 aliphatic rings. The lowest BCUT2D eigenvalue weighted by molar-refractivity contribution is -0.146. The predicted molar refractivity (Wildman–Crippen MR) is 84.2 cm³/mol. The molecular weight excluding hydrogens is 286 g/mol. The molecule has 0 fully saturated rings. The third-order valence-corrected chi connectivity index (χ3v) is 2.96. The summed E-state index contributed by atoms with van der Waals surface area (Å²) in [4.78, 5) is 34.4. The van der Waals surface area contributed by atoms with Gasteiger partial charge in [0.25, 0.3) is 0 Å². The molecule has 0 saturated carbocycles. The molecule has 0 heterocycles. The van der Waals surface area contributed by atoms with Gasteiger partial charge in [0.1, 0.15) is 6.61 Å². The molecule has 0 aliphatic heterocycles. The molecule has 2 unspecified atom stereocenters. The van der Waals surface area contributed by atoms with Crippen molar-refractivity contribution in [2.75, 3.05) is 20.2 Å². The van der Waals surface area contributed by atoms with Gasteiger partial charge in [-0.2, -0.15) is 0 Å². The van der Waals surface area contributed by atoms with Crippen molar-refractivity contribution >= 4 is 17.8 Å². The molecule has 3 N–H and O–H groups in total. The Hall–Kier alpha value is -1.63. The second kappa shape index (κ2) is 11.0. The molecule has 0 aromatic heterocycles. The fourth-order valence-corrected chi connectivity index (χ4v) is 1.98. The highest BCUT2D eigenvalue weighted by molar-refractivity contribution is 5.83. The first-order chi connectivity index (χ1) is 10.3. The Labute approximate surface area is 132 Å². The van der Waals surface area contributed by atoms with Crippen molar-refractivity contribution in [1.29, 1.82) is 0 Å². The number of nitrogens with one attached hydrogen (secondary N) is 3. The van der Waals surface area contributed by atoms with E-state index in [-0.39, 0.29) is 37.4 Å². The normalized spacial score (nSPS) is 13.4. The third-order valence-electron chi connectivity index (χ3n) is 2.96. The zero-order chi connectivity index (χ0) is 17.1. The SMILES string of the molecule is CNC(=O)C(C)CC(=O)OCCNC(=O)CC(C)NC(C)C. The molecule has 0 aromatic rings. The standard InChI is InChI=1S/C15H29N3O4/c1-10(2)18-12(4)9-13(19)17-6-7-22-14(20)8-11(3)15(21)16-5/h10-12,18H,6-9H2,1-5H3,(H,16,21)(H,17,19). The molecule has 22 heavy (non-hydrogen) atoms. The van der Waals surface area contributed by atoms with Gasteiger partial charge in [0, 0.05) is 31.5 Å². The van der Waals surface area contributed by atoms with Gasteiger partial charge in [-0.1, -0.05) is 20.8 Å². The summed E-state index contributed by atoms with van der Waals surface area (Å²) in [5.41, 5.74) is 0.